The molecular formula is C5H14N4. The highest BCUT2D eigenvalue weighted by Gasteiger charge is 2.14. The van der Waals surface area contributed by atoms with Gasteiger partial charge in [0, 0.05) is 7.05 Å². The highest BCUT2D eigenvalue weighted by molar-refractivity contribution is 4.67. The molecule has 0 aromatic heterocycles. The number of hydrogen-bond acceptors (Lipinski definition) is 2. The lowest BCUT2D eigenvalue weighted by molar-refractivity contribution is 0.168. The van der Waals surface area contributed by atoms with E-state index in [-0.39, 0.29) is 5.54 Å². The Kier molecular flexibility index (Phi) is 2.42. The minimum Gasteiger partial charge on any atom is -0.303 e. The Labute approximate surface area is 55.7 Å². The van der Waals surface area contributed by atoms with Crippen molar-refractivity contribution in [2.75, 3.05) is 7.05 Å². The summed E-state index contributed by atoms with van der Waals surface area (Å²) >= 11 is 0. The van der Waals surface area contributed by atoms with Crippen molar-refractivity contribution in [2.24, 2.45) is 16.3 Å². The minimum atomic E-state index is 0.00285. The predicted molar refractivity (Wildman–Crippen MR) is 36.6 cm³/mol. The monoisotopic (exact) mass is 130 g/mol. The molecule has 0 saturated carbocycles. The maximum atomic E-state index is 4.84. The van der Waals surface area contributed by atoms with Crippen LogP contribution in [-0.4, -0.2) is 17.6 Å². The van der Waals surface area contributed by atoms with Crippen LogP contribution in [0.2, 0.25) is 0 Å². The van der Waals surface area contributed by atoms with Crippen LogP contribution in [0.15, 0.2) is 10.4 Å². The van der Waals surface area contributed by atoms with Gasteiger partial charge >= 0.3 is 0 Å². The molecule has 0 saturated heterocycles. The molecule has 4 heteroatoms. The molecule has 54 valence electrons. The first-order valence-corrected chi connectivity index (χ1v) is 2.83. The van der Waals surface area contributed by atoms with E-state index in [9.17, 15) is 0 Å². The van der Waals surface area contributed by atoms with Crippen LogP contribution in [0.4, 0.5) is 0 Å². The third kappa shape index (κ3) is 2.90. The molecule has 0 aromatic carbocycles. The Balaban J connectivity index is 3.88. The summed E-state index contributed by atoms with van der Waals surface area (Å²) in [5, 5.41) is 8.49. The van der Waals surface area contributed by atoms with Crippen molar-refractivity contribution in [2.45, 2.75) is 26.3 Å². The lowest BCUT2D eigenvalue weighted by Crippen LogP contribution is -2.33. The molecule has 0 heterocycles. The highest BCUT2D eigenvalue weighted by atomic mass is 15.6. The molecule has 0 aliphatic rings. The van der Waals surface area contributed by atoms with Crippen LogP contribution in [0.3, 0.4) is 0 Å². The van der Waals surface area contributed by atoms with Gasteiger partial charge in [-0.05, 0) is 20.8 Å². The van der Waals surface area contributed by atoms with Gasteiger partial charge in [-0.3, -0.25) is 5.01 Å². The molecule has 0 atom stereocenters. The Morgan fingerprint density at radius 3 is 1.89 bits per heavy atom. The largest absolute Gasteiger partial charge is 0.303 e. The maximum absolute atomic E-state index is 4.84. The topological polar surface area (TPSA) is 54.0 Å². The second-order valence-electron chi connectivity index (χ2n) is 2.90. The fourth-order valence-corrected chi connectivity index (χ4v) is 0.212. The van der Waals surface area contributed by atoms with Crippen molar-refractivity contribution in [3.8, 4) is 0 Å². The first-order valence-electron chi connectivity index (χ1n) is 2.83. The van der Waals surface area contributed by atoms with Gasteiger partial charge in [0.15, 0.2) is 0 Å². The molecule has 0 aliphatic carbocycles. The van der Waals surface area contributed by atoms with Gasteiger partial charge in [0.2, 0.25) is 0 Å². The fraction of sp³-hybridized carbons (Fsp3) is 1.00. The normalized spacial score (nSPS) is 12.4. The molecule has 4 nitrogen and oxygen atoms in total. The first kappa shape index (κ1) is 8.20. The third-order valence-electron chi connectivity index (χ3n) is 1.16. The maximum Gasteiger partial charge on any atom is 0.0509 e. The van der Waals surface area contributed by atoms with E-state index in [1.165, 1.54) is 0 Å². The molecule has 0 aromatic rings. The summed E-state index contributed by atoms with van der Waals surface area (Å²) in [6.07, 6.45) is 0. The number of rotatable bonds is 1. The average molecular weight is 130 g/mol. The molecule has 0 spiro atoms. The highest BCUT2D eigenvalue weighted by Crippen LogP contribution is 2.09. The Morgan fingerprint density at radius 2 is 1.78 bits per heavy atom. The zero-order chi connectivity index (χ0) is 7.49. The Morgan fingerprint density at radius 1 is 1.33 bits per heavy atom. The molecular weight excluding hydrogens is 116 g/mol. The van der Waals surface area contributed by atoms with Gasteiger partial charge in [-0.25, -0.2) is 0 Å². The van der Waals surface area contributed by atoms with E-state index in [1.807, 2.05) is 27.8 Å². The van der Waals surface area contributed by atoms with Crippen molar-refractivity contribution in [3.05, 3.63) is 0 Å². The molecule has 0 rings (SSSR count). The molecule has 0 unspecified atom stereocenters. The Hall–Kier alpha value is -0.800. The van der Waals surface area contributed by atoms with E-state index in [1.54, 1.807) is 5.01 Å². The van der Waals surface area contributed by atoms with Crippen molar-refractivity contribution >= 4 is 0 Å². The second kappa shape index (κ2) is 2.66. The van der Waals surface area contributed by atoms with E-state index in [0.717, 1.165) is 0 Å². The molecule has 0 fully saturated rings. The van der Waals surface area contributed by atoms with Crippen LogP contribution in [0, 0.1) is 0 Å². The van der Waals surface area contributed by atoms with Gasteiger partial charge in [0.1, 0.15) is 0 Å². The molecule has 9 heavy (non-hydrogen) atoms. The van der Waals surface area contributed by atoms with Crippen LogP contribution in [0.5, 0.6) is 0 Å². The molecule has 0 bridgehead atoms. The van der Waals surface area contributed by atoms with Gasteiger partial charge in [-0.2, -0.15) is 0 Å². The lowest BCUT2D eigenvalue weighted by atomic mass is 10.1. The summed E-state index contributed by atoms with van der Waals surface area (Å²) in [6, 6.07) is 0. The van der Waals surface area contributed by atoms with Crippen molar-refractivity contribution in [1.29, 1.82) is 0 Å². The van der Waals surface area contributed by atoms with Crippen molar-refractivity contribution in [1.82, 2.24) is 5.01 Å². The van der Waals surface area contributed by atoms with E-state index >= 15 is 0 Å². The summed E-state index contributed by atoms with van der Waals surface area (Å²) in [7, 11) is 1.83. The number of hydrogen-bond donors (Lipinski definition) is 1. The fourth-order valence-electron chi connectivity index (χ4n) is 0.212. The predicted octanol–water partition coefficient (Wildman–Crippen LogP) is 0.958. The summed E-state index contributed by atoms with van der Waals surface area (Å²) in [5.74, 6) is 4.84. The quantitative estimate of drug-likeness (QED) is 0.326. The smallest absolute Gasteiger partial charge is 0.0509 e. The first-order chi connectivity index (χ1) is 3.98. The Bertz CT molecular complexity index is 102. The van der Waals surface area contributed by atoms with Gasteiger partial charge in [0.25, 0.3) is 0 Å². The van der Waals surface area contributed by atoms with Crippen molar-refractivity contribution in [3.63, 3.8) is 0 Å². The van der Waals surface area contributed by atoms with Gasteiger partial charge in [-0.1, -0.05) is 10.4 Å². The van der Waals surface area contributed by atoms with E-state index in [2.05, 4.69) is 10.4 Å². The van der Waals surface area contributed by atoms with E-state index < -0.39 is 0 Å². The van der Waals surface area contributed by atoms with E-state index in [4.69, 9.17) is 5.84 Å². The third-order valence-corrected chi connectivity index (χ3v) is 1.16. The summed E-state index contributed by atoms with van der Waals surface area (Å²) in [6.45, 7) is 6.09. The lowest BCUT2D eigenvalue weighted by Gasteiger charge is -2.26. The van der Waals surface area contributed by atoms with Crippen LogP contribution in [0.1, 0.15) is 20.8 Å². The van der Waals surface area contributed by atoms with Gasteiger partial charge in [-0.15, -0.1) is 0 Å². The van der Waals surface area contributed by atoms with Crippen LogP contribution in [-0.2, 0) is 0 Å². The molecule has 0 amide bonds. The zero-order valence-electron chi connectivity index (χ0n) is 6.42. The standard InChI is InChI=1S/C5H14N4/c1-5(2,3)9(4)8-7-6/h1-4H3,(H2,6,8). The summed E-state index contributed by atoms with van der Waals surface area (Å²) < 4.78 is 0. The van der Waals surface area contributed by atoms with Crippen LogP contribution >= 0.6 is 0 Å². The van der Waals surface area contributed by atoms with Gasteiger partial charge in [0.05, 0.1) is 5.54 Å². The van der Waals surface area contributed by atoms with Crippen LogP contribution in [0.25, 0.3) is 0 Å². The molecule has 2 N–H and O–H groups in total. The minimum absolute atomic E-state index is 0.00285. The van der Waals surface area contributed by atoms with Gasteiger partial charge < -0.3 is 5.84 Å². The number of nitrogens with two attached hydrogens (primary N) is 1. The SMILES string of the molecule is CN(/N=N\N)C(C)(C)C. The average Bonchev–Trinajstić information content (AvgIpc) is 1.64. The van der Waals surface area contributed by atoms with Crippen LogP contribution < -0.4 is 5.84 Å². The summed E-state index contributed by atoms with van der Waals surface area (Å²) in [5.41, 5.74) is 0.00285. The van der Waals surface area contributed by atoms with E-state index in [0.29, 0.717) is 0 Å². The zero-order valence-corrected chi connectivity index (χ0v) is 6.42. The summed E-state index contributed by atoms with van der Waals surface area (Å²) in [4.78, 5) is 0. The number of nitrogens with zero attached hydrogens (tertiary/aromatic N) is 3. The van der Waals surface area contributed by atoms with Crippen molar-refractivity contribution < 1.29 is 0 Å². The molecule has 0 aliphatic heterocycles. The molecule has 0 radical (unpaired) electrons. The second-order valence-corrected chi connectivity index (χ2v) is 2.90.